The average Bonchev–Trinajstić information content (AvgIpc) is 3.53. The number of aliphatic hydroxyl groups excluding tert-OH is 1. The summed E-state index contributed by atoms with van der Waals surface area (Å²) in [7, 11) is 0. The second kappa shape index (κ2) is 12.2. The number of thiazole rings is 4. The molecule has 4 aromatic heterocycles. The van der Waals surface area contributed by atoms with Crippen molar-refractivity contribution in [1.29, 1.82) is 0 Å². The molecule has 0 radical (unpaired) electrons. The number of carbonyl (C=O) groups is 1. The SMILES string of the molecule is CC(=O)c1nc(-c2nccs2)sc1CC(C)C.CC(C)Cc1sc(-c2nccs2)nc1C(C)O. The first-order valence-corrected chi connectivity index (χ1v) is 14.5. The van der Waals surface area contributed by atoms with Crippen LogP contribution >= 0.6 is 45.3 Å². The van der Waals surface area contributed by atoms with Gasteiger partial charge in [0.05, 0.1) is 11.8 Å². The van der Waals surface area contributed by atoms with E-state index in [1.54, 1.807) is 71.6 Å². The van der Waals surface area contributed by atoms with E-state index in [1.165, 1.54) is 4.88 Å². The molecule has 0 aromatic carbocycles. The van der Waals surface area contributed by atoms with E-state index < -0.39 is 6.10 Å². The maximum absolute atomic E-state index is 11.6. The Balaban J connectivity index is 0.000000191. The van der Waals surface area contributed by atoms with Crippen molar-refractivity contribution in [2.24, 2.45) is 11.8 Å². The zero-order valence-corrected chi connectivity index (χ0v) is 23.5. The van der Waals surface area contributed by atoms with Gasteiger partial charge >= 0.3 is 0 Å². The Morgan fingerprint density at radius 3 is 1.76 bits per heavy atom. The van der Waals surface area contributed by atoms with Gasteiger partial charge in [0, 0.05) is 39.8 Å². The Hall–Kier alpha value is -1.85. The minimum absolute atomic E-state index is 0.0414. The molecule has 1 atom stereocenters. The van der Waals surface area contributed by atoms with Crippen LogP contribution in [0.2, 0.25) is 0 Å². The summed E-state index contributed by atoms with van der Waals surface area (Å²) < 4.78 is 0. The van der Waals surface area contributed by atoms with Crippen LogP contribution in [0.4, 0.5) is 0 Å². The average molecular weight is 535 g/mol. The molecule has 0 aliphatic heterocycles. The summed E-state index contributed by atoms with van der Waals surface area (Å²) in [5.74, 6) is 1.13. The first-order chi connectivity index (χ1) is 16.2. The number of aromatic nitrogens is 4. The molecule has 0 spiro atoms. The molecule has 0 bridgehead atoms. The van der Waals surface area contributed by atoms with E-state index in [0.29, 0.717) is 17.5 Å². The molecular weight excluding hydrogens is 505 g/mol. The van der Waals surface area contributed by atoms with Gasteiger partial charge < -0.3 is 5.11 Å². The minimum Gasteiger partial charge on any atom is -0.387 e. The monoisotopic (exact) mass is 534 g/mol. The molecular formula is C24H30N4O2S4. The topological polar surface area (TPSA) is 88.9 Å². The lowest BCUT2D eigenvalue weighted by Crippen LogP contribution is -2.00. The van der Waals surface area contributed by atoms with Gasteiger partial charge in [-0.2, -0.15) is 0 Å². The smallest absolute Gasteiger partial charge is 0.179 e. The van der Waals surface area contributed by atoms with Crippen molar-refractivity contribution in [2.45, 2.75) is 60.5 Å². The minimum atomic E-state index is -0.506. The number of aliphatic hydroxyl groups is 1. The van der Waals surface area contributed by atoms with Crippen molar-refractivity contribution in [2.75, 3.05) is 0 Å². The van der Waals surface area contributed by atoms with Crippen LogP contribution in [0.3, 0.4) is 0 Å². The maximum atomic E-state index is 11.6. The summed E-state index contributed by atoms with van der Waals surface area (Å²) >= 11 is 6.38. The van der Waals surface area contributed by atoms with Crippen molar-refractivity contribution >= 4 is 51.1 Å². The fraction of sp³-hybridized carbons (Fsp3) is 0.458. The van der Waals surface area contributed by atoms with E-state index in [9.17, 15) is 9.90 Å². The largest absolute Gasteiger partial charge is 0.387 e. The molecule has 6 nitrogen and oxygen atoms in total. The molecule has 182 valence electrons. The second-order valence-corrected chi connectivity index (χ2v) is 12.7. The Labute approximate surface area is 216 Å². The lowest BCUT2D eigenvalue weighted by Gasteiger charge is -2.06. The summed E-state index contributed by atoms with van der Waals surface area (Å²) in [6.07, 6.45) is 4.90. The van der Waals surface area contributed by atoms with Crippen LogP contribution in [0.1, 0.15) is 73.6 Å². The van der Waals surface area contributed by atoms with Crippen LogP contribution in [0.5, 0.6) is 0 Å². The molecule has 0 fully saturated rings. The Kier molecular flexibility index (Phi) is 9.61. The van der Waals surface area contributed by atoms with E-state index >= 15 is 0 Å². The van der Waals surface area contributed by atoms with Crippen LogP contribution in [-0.4, -0.2) is 30.8 Å². The van der Waals surface area contributed by atoms with Gasteiger partial charge in [0.2, 0.25) is 0 Å². The summed E-state index contributed by atoms with van der Waals surface area (Å²) in [6.45, 7) is 12.0. The fourth-order valence-corrected chi connectivity index (χ4v) is 7.23. The number of Topliss-reactive ketones (excluding diaryl/α,β-unsaturated/α-hetero) is 1. The Bertz CT molecular complexity index is 1180. The van der Waals surface area contributed by atoms with Gasteiger partial charge in [0.1, 0.15) is 5.69 Å². The van der Waals surface area contributed by atoms with E-state index in [-0.39, 0.29) is 5.78 Å². The summed E-state index contributed by atoms with van der Waals surface area (Å²) in [6, 6.07) is 0. The molecule has 0 aliphatic rings. The van der Waals surface area contributed by atoms with Crippen molar-refractivity contribution in [3.63, 3.8) is 0 Å². The highest BCUT2D eigenvalue weighted by atomic mass is 32.1. The summed E-state index contributed by atoms with van der Waals surface area (Å²) in [5, 5.41) is 17.2. The van der Waals surface area contributed by atoms with E-state index in [2.05, 4.69) is 47.6 Å². The third-order valence-corrected chi connectivity index (χ3v) is 8.57. The summed E-state index contributed by atoms with van der Waals surface area (Å²) in [4.78, 5) is 31.3. The lowest BCUT2D eigenvalue weighted by atomic mass is 10.1. The molecule has 0 saturated carbocycles. The quantitative estimate of drug-likeness (QED) is 0.241. The predicted molar refractivity (Wildman–Crippen MR) is 144 cm³/mol. The van der Waals surface area contributed by atoms with Crippen LogP contribution < -0.4 is 0 Å². The summed E-state index contributed by atoms with van der Waals surface area (Å²) in [5.41, 5.74) is 1.43. The van der Waals surface area contributed by atoms with Crippen molar-refractivity contribution in [3.8, 4) is 20.0 Å². The molecule has 0 amide bonds. The number of carbonyl (C=O) groups excluding carboxylic acids is 1. The van der Waals surface area contributed by atoms with Crippen molar-refractivity contribution in [1.82, 2.24) is 19.9 Å². The van der Waals surface area contributed by atoms with Gasteiger partial charge in [0.25, 0.3) is 0 Å². The lowest BCUT2D eigenvalue weighted by molar-refractivity contribution is 0.101. The van der Waals surface area contributed by atoms with E-state index in [4.69, 9.17) is 0 Å². The fourth-order valence-electron chi connectivity index (χ4n) is 3.18. The zero-order chi connectivity index (χ0) is 24.8. The standard InChI is InChI=1S/C12H16N2OS2.C12H14N2OS2/c2*1-7(2)6-9-10(8(3)15)14-12(17-9)11-13-4-5-16-11/h4-5,7-8,15H,6H2,1-3H3;4-5,7H,6H2,1-3H3. The maximum Gasteiger partial charge on any atom is 0.179 e. The third-order valence-electron chi connectivity index (χ3n) is 4.57. The van der Waals surface area contributed by atoms with Crippen LogP contribution in [0.15, 0.2) is 23.2 Å². The van der Waals surface area contributed by atoms with Gasteiger partial charge in [-0.15, -0.1) is 45.3 Å². The van der Waals surface area contributed by atoms with Crippen molar-refractivity contribution < 1.29 is 9.90 Å². The Morgan fingerprint density at radius 2 is 1.32 bits per heavy atom. The van der Waals surface area contributed by atoms with Crippen LogP contribution in [-0.2, 0) is 12.8 Å². The third kappa shape index (κ3) is 7.08. The number of hydrogen-bond donors (Lipinski definition) is 1. The number of nitrogens with zero attached hydrogens (tertiary/aromatic N) is 4. The van der Waals surface area contributed by atoms with Crippen LogP contribution in [0, 0.1) is 11.8 Å². The first kappa shape index (κ1) is 26.7. The highest BCUT2D eigenvalue weighted by Crippen LogP contribution is 2.34. The first-order valence-electron chi connectivity index (χ1n) is 11.1. The van der Waals surface area contributed by atoms with Gasteiger partial charge in [0.15, 0.2) is 25.8 Å². The highest BCUT2D eigenvalue weighted by molar-refractivity contribution is 7.21. The highest BCUT2D eigenvalue weighted by Gasteiger charge is 2.19. The second-order valence-electron chi connectivity index (χ2n) is 8.72. The van der Waals surface area contributed by atoms with E-state index in [0.717, 1.165) is 43.4 Å². The van der Waals surface area contributed by atoms with Gasteiger partial charge in [-0.1, -0.05) is 27.7 Å². The number of hydrogen-bond acceptors (Lipinski definition) is 10. The van der Waals surface area contributed by atoms with Gasteiger partial charge in [-0.05, 0) is 31.6 Å². The molecule has 4 aromatic rings. The molecule has 0 aliphatic carbocycles. The molecule has 1 unspecified atom stereocenters. The number of rotatable bonds is 8. The molecule has 0 saturated heterocycles. The van der Waals surface area contributed by atoms with Crippen molar-refractivity contribution in [3.05, 3.63) is 44.3 Å². The normalized spacial score (nSPS) is 12.1. The van der Waals surface area contributed by atoms with E-state index in [1.807, 2.05) is 10.8 Å². The molecule has 10 heteroatoms. The number of ketones is 1. The molecule has 1 N–H and O–H groups in total. The van der Waals surface area contributed by atoms with Crippen LogP contribution in [0.25, 0.3) is 20.0 Å². The predicted octanol–water partition coefficient (Wildman–Crippen LogP) is 7.19. The zero-order valence-electron chi connectivity index (χ0n) is 20.2. The Morgan fingerprint density at radius 1 is 0.824 bits per heavy atom. The van der Waals surface area contributed by atoms with Gasteiger partial charge in [-0.3, -0.25) is 4.79 Å². The molecule has 4 rings (SSSR count). The molecule has 4 heterocycles. The molecule has 34 heavy (non-hydrogen) atoms. The van der Waals surface area contributed by atoms with Gasteiger partial charge in [-0.25, -0.2) is 19.9 Å².